The van der Waals surface area contributed by atoms with Gasteiger partial charge in [-0.25, -0.2) is 14.8 Å². The smallest absolute Gasteiger partial charge is 0.335 e. The van der Waals surface area contributed by atoms with E-state index in [1.165, 1.54) is 6.33 Å². The summed E-state index contributed by atoms with van der Waals surface area (Å²) >= 11 is 0. The number of fused-ring (bicyclic) bond motifs is 1. The quantitative estimate of drug-likeness (QED) is 0.314. The van der Waals surface area contributed by atoms with E-state index in [1.54, 1.807) is 24.3 Å². The van der Waals surface area contributed by atoms with E-state index in [0.29, 0.717) is 18.0 Å². The van der Waals surface area contributed by atoms with E-state index in [1.807, 2.05) is 48.5 Å². The van der Waals surface area contributed by atoms with E-state index in [0.717, 1.165) is 27.9 Å². The minimum atomic E-state index is -0.969. The first-order valence-electron chi connectivity index (χ1n) is 10.3. The van der Waals surface area contributed by atoms with Crippen LogP contribution in [0.15, 0.2) is 83.9 Å². The second kappa shape index (κ2) is 8.43. The molecule has 0 aliphatic rings. The van der Waals surface area contributed by atoms with Crippen LogP contribution >= 0.6 is 0 Å². The first-order chi connectivity index (χ1) is 16.1. The van der Waals surface area contributed by atoms with Crippen molar-refractivity contribution in [1.82, 2.24) is 19.9 Å². The van der Waals surface area contributed by atoms with Gasteiger partial charge < -0.3 is 20.4 Å². The van der Waals surface area contributed by atoms with Gasteiger partial charge in [0.25, 0.3) is 5.56 Å². The highest BCUT2D eigenvalue weighted by atomic mass is 16.4. The number of nitrogens with zero attached hydrogens (tertiary/aromatic N) is 2. The lowest BCUT2D eigenvalue weighted by Gasteiger charge is -2.15. The predicted octanol–water partition coefficient (Wildman–Crippen LogP) is 4.29. The summed E-state index contributed by atoms with van der Waals surface area (Å²) in [7, 11) is 0. The Bertz CT molecular complexity index is 1510. The summed E-state index contributed by atoms with van der Waals surface area (Å²) < 4.78 is 0. The molecule has 0 spiro atoms. The Balaban J connectivity index is 1.57. The van der Waals surface area contributed by atoms with Crippen molar-refractivity contribution < 1.29 is 9.90 Å². The zero-order valence-corrected chi connectivity index (χ0v) is 17.4. The molecule has 0 aliphatic heterocycles. The van der Waals surface area contributed by atoms with Gasteiger partial charge in [-0.3, -0.25) is 4.79 Å². The van der Waals surface area contributed by atoms with Crippen LogP contribution in [-0.4, -0.2) is 31.0 Å². The molecule has 0 saturated carbocycles. The summed E-state index contributed by atoms with van der Waals surface area (Å²) in [6.45, 7) is 0.591. The number of aromatic amines is 2. The van der Waals surface area contributed by atoms with E-state index in [2.05, 4.69) is 25.3 Å². The summed E-state index contributed by atoms with van der Waals surface area (Å²) in [4.78, 5) is 37.7. The zero-order valence-electron chi connectivity index (χ0n) is 17.4. The molecule has 0 amide bonds. The minimum Gasteiger partial charge on any atom is -0.478 e. The van der Waals surface area contributed by atoms with Crippen molar-refractivity contribution in [2.75, 3.05) is 5.32 Å². The number of nitrogens with one attached hydrogen (secondary N) is 3. The molecule has 4 N–H and O–H groups in total. The fourth-order valence-electron chi connectivity index (χ4n) is 3.66. The average Bonchev–Trinajstić information content (AvgIpc) is 3.33. The SMILES string of the molecule is O=C(O)c1ccc(-c2ccc(-c3nc4[nH]cnc4c(=O)[nH]3)cc2NCc2ccccc2)cc1. The van der Waals surface area contributed by atoms with Crippen LogP contribution in [0.2, 0.25) is 0 Å². The molecule has 33 heavy (non-hydrogen) atoms. The number of rotatable bonds is 6. The maximum atomic E-state index is 12.4. The molecule has 0 atom stereocenters. The molecule has 162 valence electrons. The molecule has 3 aromatic carbocycles. The van der Waals surface area contributed by atoms with E-state index < -0.39 is 5.97 Å². The lowest BCUT2D eigenvalue weighted by atomic mass is 9.99. The van der Waals surface area contributed by atoms with Gasteiger partial charge in [-0.1, -0.05) is 54.6 Å². The highest BCUT2D eigenvalue weighted by Crippen LogP contribution is 2.32. The molecule has 2 heterocycles. The Morgan fingerprint density at radius 3 is 2.48 bits per heavy atom. The third kappa shape index (κ3) is 4.09. The van der Waals surface area contributed by atoms with Crippen LogP contribution in [0.3, 0.4) is 0 Å². The fraction of sp³-hybridized carbons (Fsp3) is 0.0400. The van der Waals surface area contributed by atoms with E-state index >= 15 is 0 Å². The Labute approximate surface area is 188 Å². The van der Waals surface area contributed by atoms with E-state index in [-0.39, 0.29) is 16.6 Å². The van der Waals surface area contributed by atoms with Gasteiger partial charge in [0.1, 0.15) is 5.82 Å². The summed E-state index contributed by atoms with van der Waals surface area (Å²) in [6.07, 6.45) is 1.44. The standard InChI is InChI=1S/C25H19N5O3/c31-24-21-23(28-14-27-21)29-22(30-24)18-10-11-19(16-6-8-17(9-7-16)25(32)33)20(12-18)26-13-15-4-2-1-3-5-15/h1-12,14,26H,13H2,(H,32,33)(H2,27,28,29,30,31). The Morgan fingerprint density at radius 2 is 1.73 bits per heavy atom. The summed E-state index contributed by atoms with van der Waals surface area (Å²) in [5.74, 6) is -0.546. The molecule has 0 radical (unpaired) electrons. The van der Waals surface area contributed by atoms with Crippen LogP contribution in [0.5, 0.6) is 0 Å². The molecule has 0 fully saturated rings. The summed E-state index contributed by atoms with van der Waals surface area (Å²) in [6, 6.07) is 22.4. The molecule has 0 aliphatic carbocycles. The van der Waals surface area contributed by atoms with Gasteiger partial charge in [0.05, 0.1) is 11.9 Å². The lowest BCUT2D eigenvalue weighted by molar-refractivity contribution is 0.0697. The van der Waals surface area contributed by atoms with Crippen molar-refractivity contribution >= 4 is 22.8 Å². The maximum Gasteiger partial charge on any atom is 0.335 e. The van der Waals surface area contributed by atoms with Crippen molar-refractivity contribution in [2.24, 2.45) is 0 Å². The Hall–Kier alpha value is -4.72. The van der Waals surface area contributed by atoms with Gasteiger partial charge in [-0.05, 0) is 29.3 Å². The van der Waals surface area contributed by atoms with Crippen molar-refractivity contribution in [3.8, 4) is 22.5 Å². The first-order valence-corrected chi connectivity index (χ1v) is 10.3. The number of H-pyrrole nitrogens is 2. The molecule has 8 nitrogen and oxygen atoms in total. The normalized spacial score (nSPS) is 10.9. The van der Waals surface area contributed by atoms with Crippen molar-refractivity contribution in [3.05, 3.63) is 101 Å². The third-order valence-electron chi connectivity index (χ3n) is 5.35. The van der Waals surface area contributed by atoms with E-state index in [9.17, 15) is 14.7 Å². The Kier molecular flexibility index (Phi) is 5.16. The number of benzene rings is 3. The molecule has 0 unspecified atom stereocenters. The number of aromatic nitrogens is 4. The number of imidazole rings is 1. The largest absolute Gasteiger partial charge is 0.478 e. The van der Waals surface area contributed by atoms with Crippen LogP contribution in [0, 0.1) is 0 Å². The highest BCUT2D eigenvalue weighted by molar-refractivity contribution is 5.89. The number of hydrogen-bond donors (Lipinski definition) is 4. The monoisotopic (exact) mass is 437 g/mol. The van der Waals surface area contributed by atoms with Gasteiger partial charge in [-0.15, -0.1) is 0 Å². The maximum absolute atomic E-state index is 12.4. The zero-order chi connectivity index (χ0) is 22.8. The summed E-state index contributed by atoms with van der Waals surface area (Å²) in [5.41, 5.74) is 5.02. The second-order valence-electron chi connectivity index (χ2n) is 7.50. The molecule has 2 aromatic heterocycles. The molecular formula is C25H19N5O3. The number of aromatic carboxylic acids is 1. The predicted molar refractivity (Wildman–Crippen MR) is 126 cm³/mol. The van der Waals surface area contributed by atoms with Gasteiger partial charge in [0, 0.05) is 23.4 Å². The molecule has 5 rings (SSSR count). The van der Waals surface area contributed by atoms with Crippen LogP contribution in [0.25, 0.3) is 33.7 Å². The number of carboxylic acids is 1. The fourth-order valence-corrected chi connectivity index (χ4v) is 3.66. The molecule has 8 heteroatoms. The molecule has 0 bridgehead atoms. The number of hydrogen-bond acceptors (Lipinski definition) is 5. The number of anilines is 1. The lowest BCUT2D eigenvalue weighted by Crippen LogP contribution is -2.09. The van der Waals surface area contributed by atoms with Crippen LogP contribution in [0.4, 0.5) is 5.69 Å². The average molecular weight is 437 g/mol. The topological polar surface area (TPSA) is 124 Å². The van der Waals surface area contributed by atoms with Crippen LogP contribution < -0.4 is 10.9 Å². The van der Waals surface area contributed by atoms with Crippen molar-refractivity contribution in [1.29, 1.82) is 0 Å². The number of carboxylic acid groups (broad SMARTS) is 1. The molecular weight excluding hydrogens is 418 g/mol. The van der Waals surface area contributed by atoms with Crippen molar-refractivity contribution in [3.63, 3.8) is 0 Å². The highest BCUT2D eigenvalue weighted by Gasteiger charge is 2.12. The van der Waals surface area contributed by atoms with Gasteiger partial charge in [-0.2, -0.15) is 0 Å². The van der Waals surface area contributed by atoms with Gasteiger partial charge >= 0.3 is 5.97 Å². The van der Waals surface area contributed by atoms with Gasteiger partial charge in [0.15, 0.2) is 11.2 Å². The third-order valence-corrected chi connectivity index (χ3v) is 5.35. The first kappa shape index (κ1) is 20.2. The van der Waals surface area contributed by atoms with Crippen LogP contribution in [0.1, 0.15) is 15.9 Å². The molecule has 5 aromatic rings. The minimum absolute atomic E-state index is 0.226. The Morgan fingerprint density at radius 1 is 0.970 bits per heavy atom. The van der Waals surface area contributed by atoms with Crippen LogP contribution in [-0.2, 0) is 6.54 Å². The molecule has 0 saturated heterocycles. The van der Waals surface area contributed by atoms with E-state index in [4.69, 9.17) is 0 Å². The number of carbonyl (C=O) groups is 1. The van der Waals surface area contributed by atoms with Gasteiger partial charge in [0.2, 0.25) is 0 Å². The summed E-state index contributed by atoms with van der Waals surface area (Å²) in [5, 5.41) is 12.7. The second-order valence-corrected chi connectivity index (χ2v) is 7.50. The van der Waals surface area contributed by atoms with Crippen molar-refractivity contribution in [2.45, 2.75) is 6.54 Å².